The van der Waals surface area contributed by atoms with Gasteiger partial charge in [-0.3, -0.25) is 14.2 Å². The van der Waals surface area contributed by atoms with Gasteiger partial charge in [0.2, 0.25) is 5.91 Å². The summed E-state index contributed by atoms with van der Waals surface area (Å²) in [5.74, 6) is 0.663. The summed E-state index contributed by atoms with van der Waals surface area (Å²) >= 11 is 5.28. The highest BCUT2D eigenvalue weighted by Gasteiger charge is 2.08. The molecular weight excluding hydrogens is 362 g/mol. The van der Waals surface area contributed by atoms with E-state index < -0.39 is 0 Å². The molecule has 0 saturated carbocycles. The van der Waals surface area contributed by atoms with E-state index in [-0.39, 0.29) is 11.5 Å². The number of ether oxygens (including phenoxy) is 1. The average Bonchev–Trinajstić information content (AvgIpc) is 2.69. The van der Waals surface area contributed by atoms with Gasteiger partial charge in [-0.15, -0.1) is 0 Å². The molecule has 0 aliphatic heterocycles. The number of amides is 1. The summed E-state index contributed by atoms with van der Waals surface area (Å²) in [7, 11) is 1.60. The Labute approximate surface area is 161 Å². The quantitative estimate of drug-likeness (QED) is 0.615. The molecule has 1 amide bonds. The van der Waals surface area contributed by atoms with E-state index in [1.807, 2.05) is 42.5 Å². The molecule has 0 unspecified atom stereocenters. The minimum atomic E-state index is -0.135. The summed E-state index contributed by atoms with van der Waals surface area (Å²) in [5.41, 5.74) is 1.50. The normalized spacial score (nSPS) is 10.7. The Morgan fingerprint density at radius 3 is 2.74 bits per heavy atom. The molecule has 0 radical (unpaired) electrons. The SMILES string of the molecule is COc1ccccc1CNC(=O)CCCn1c(=S)[nH]c2ccccc2c1=O. The van der Waals surface area contributed by atoms with Crippen LogP contribution in [0.5, 0.6) is 5.75 Å². The molecule has 27 heavy (non-hydrogen) atoms. The van der Waals surface area contributed by atoms with Crippen molar-refractivity contribution in [2.24, 2.45) is 0 Å². The molecule has 0 aliphatic rings. The molecule has 3 aromatic rings. The predicted octanol–water partition coefficient (Wildman–Crippen LogP) is 3.16. The fourth-order valence-corrected chi connectivity index (χ4v) is 3.22. The summed E-state index contributed by atoms with van der Waals surface area (Å²) in [4.78, 5) is 27.7. The summed E-state index contributed by atoms with van der Waals surface area (Å²) in [5, 5.41) is 3.47. The molecule has 140 valence electrons. The number of nitrogens with one attached hydrogen (secondary N) is 2. The molecule has 0 fully saturated rings. The number of nitrogens with zero attached hydrogens (tertiary/aromatic N) is 1. The van der Waals surface area contributed by atoms with Crippen LogP contribution in [0.25, 0.3) is 10.9 Å². The van der Waals surface area contributed by atoms with Crippen LogP contribution in [0.3, 0.4) is 0 Å². The maximum atomic E-state index is 12.6. The van der Waals surface area contributed by atoms with E-state index in [0.717, 1.165) is 16.8 Å². The lowest BCUT2D eigenvalue weighted by molar-refractivity contribution is -0.121. The van der Waals surface area contributed by atoms with Crippen LogP contribution in [-0.4, -0.2) is 22.6 Å². The number of carbonyl (C=O) groups excluding carboxylic acids is 1. The first-order valence-electron chi connectivity index (χ1n) is 8.70. The monoisotopic (exact) mass is 383 g/mol. The Kier molecular flexibility index (Phi) is 6.03. The van der Waals surface area contributed by atoms with Crippen LogP contribution in [0, 0.1) is 4.77 Å². The summed E-state index contributed by atoms with van der Waals surface area (Å²) in [6, 6.07) is 14.8. The van der Waals surface area contributed by atoms with Crippen LogP contribution in [0.1, 0.15) is 18.4 Å². The van der Waals surface area contributed by atoms with Crippen LogP contribution in [-0.2, 0) is 17.9 Å². The van der Waals surface area contributed by atoms with Crippen molar-refractivity contribution in [3.8, 4) is 5.75 Å². The maximum absolute atomic E-state index is 12.6. The van der Waals surface area contributed by atoms with Gasteiger partial charge in [-0.1, -0.05) is 30.3 Å². The van der Waals surface area contributed by atoms with Gasteiger partial charge < -0.3 is 15.0 Å². The summed E-state index contributed by atoms with van der Waals surface area (Å²) in [6.07, 6.45) is 0.830. The fraction of sp³-hybridized carbons (Fsp3) is 0.250. The molecule has 0 spiro atoms. The van der Waals surface area contributed by atoms with E-state index >= 15 is 0 Å². The van der Waals surface area contributed by atoms with E-state index in [2.05, 4.69) is 10.3 Å². The number of aromatic amines is 1. The van der Waals surface area contributed by atoms with Crippen LogP contribution < -0.4 is 15.6 Å². The number of hydrogen-bond acceptors (Lipinski definition) is 4. The minimum absolute atomic E-state index is 0.0790. The standard InChI is InChI=1S/C20H21N3O3S/c1-26-17-10-5-2-7-14(17)13-21-18(24)11-6-12-23-19(25)15-8-3-4-9-16(15)22-20(23)27/h2-5,7-10H,6,11-13H2,1H3,(H,21,24)(H,22,27). The lowest BCUT2D eigenvalue weighted by Gasteiger charge is -2.10. The lowest BCUT2D eigenvalue weighted by Crippen LogP contribution is -2.25. The van der Waals surface area contributed by atoms with Gasteiger partial charge in [-0.05, 0) is 36.8 Å². The molecule has 1 aromatic heterocycles. The zero-order valence-electron chi connectivity index (χ0n) is 15.0. The van der Waals surface area contributed by atoms with Gasteiger partial charge in [-0.2, -0.15) is 0 Å². The van der Waals surface area contributed by atoms with Crippen LogP contribution in [0.15, 0.2) is 53.3 Å². The van der Waals surface area contributed by atoms with Gasteiger partial charge in [0.05, 0.1) is 18.0 Å². The molecule has 0 saturated heterocycles. The van der Waals surface area contributed by atoms with Gasteiger partial charge >= 0.3 is 0 Å². The zero-order valence-corrected chi connectivity index (χ0v) is 15.8. The highest BCUT2D eigenvalue weighted by molar-refractivity contribution is 7.71. The van der Waals surface area contributed by atoms with E-state index in [1.54, 1.807) is 13.2 Å². The number of benzene rings is 2. The third kappa shape index (κ3) is 4.43. The van der Waals surface area contributed by atoms with Crippen molar-refractivity contribution in [1.82, 2.24) is 14.9 Å². The smallest absolute Gasteiger partial charge is 0.262 e. The molecule has 2 aromatic carbocycles. The van der Waals surface area contributed by atoms with Crippen molar-refractivity contribution < 1.29 is 9.53 Å². The van der Waals surface area contributed by atoms with E-state index in [0.29, 0.717) is 36.1 Å². The van der Waals surface area contributed by atoms with Crippen LogP contribution >= 0.6 is 12.2 Å². The van der Waals surface area contributed by atoms with Gasteiger partial charge in [0, 0.05) is 25.1 Å². The Morgan fingerprint density at radius 2 is 1.93 bits per heavy atom. The summed E-state index contributed by atoms with van der Waals surface area (Å²) in [6.45, 7) is 0.792. The number of carbonyl (C=O) groups is 1. The molecule has 7 heteroatoms. The Morgan fingerprint density at radius 1 is 1.19 bits per heavy atom. The zero-order chi connectivity index (χ0) is 19.2. The maximum Gasteiger partial charge on any atom is 0.262 e. The van der Waals surface area contributed by atoms with Crippen LogP contribution in [0.4, 0.5) is 0 Å². The molecule has 0 atom stereocenters. The first-order valence-corrected chi connectivity index (χ1v) is 9.11. The Hall–Kier alpha value is -2.93. The average molecular weight is 383 g/mol. The van der Waals surface area contributed by atoms with E-state index in [4.69, 9.17) is 17.0 Å². The van der Waals surface area contributed by atoms with E-state index in [9.17, 15) is 9.59 Å². The Bertz CT molecular complexity index is 1070. The second-order valence-corrected chi connectivity index (χ2v) is 6.51. The molecule has 2 N–H and O–H groups in total. The number of hydrogen-bond donors (Lipinski definition) is 2. The third-order valence-electron chi connectivity index (χ3n) is 4.34. The van der Waals surface area contributed by atoms with Crippen molar-refractivity contribution in [1.29, 1.82) is 0 Å². The first kappa shape index (κ1) is 18.8. The second kappa shape index (κ2) is 8.64. The molecule has 3 rings (SSSR count). The molecule has 0 bridgehead atoms. The molecular formula is C20H21N3O3S. The second-order valence-electron chi connectivity index (χ2n) is 6.12. The number of methoxy groups -OCH3 is 1. The number of H-pyrrole nitrogens is 1. The lowest BCUT2D eigenvalue weighted by atomic mass is 10.2. The number of rotatable bonds is 7. The van der Waals surface area contributed by atoms with Gasteiger partial charge in [0.15, 0.2) is 4.77 Å². The molecule has 6 nitrogen and oxygen atoms in total. The highest BCUT2D eigenvalue weighted by Crippen LogP contribution is 2.16. The number of para-hydroxylation sites is 2. The highest BCUT2D eigenvalue weighted by atomic mass is 32.1. The Balaban J connectivity index is 1.58. The van der Waals surface area contributed by atoms with Crippen molar-refractivity contribution in [2.45, 2.75) is 25.9 Å². The van der Waals surface area contributed by atoms with Gasteiger partial charge in [0.25, 0.3) is 5.56 Å². The van der Waals surface area contributed by atoms with Crippen molar-refractivity contribution in [3.05, 3.63) is 69.2 Å². The van der Waals surface area contributed by atoms with Crippen molar-refractivity contribution >= 4 is 29.0 Å². The fourth-order valence-electron chi connectivity index (χ4n) is 2.93. The number of aromatic nitrogens is 2. The van der Waals surface area contributed by atoms with Crippen molar-refractivity contribution in [3.63, 3.8) is 0 Å². The first-order chi connectivity index (χ1) is 13.1. The topological polar surface area (TPSA) is 76.1 Å². The van der Waals surface area contributed by atoms with Gasteiger partial charge in [-0.25, -0.2) is 0 Å². The third-order valence-corrected chi connectivity index (χ3v) is 4.67. The largest absolute Gasteiger partial charge is 0.496 e. The number of fused-ring (bicyclic) bond motifs is 1. The van der Waals surface area contributed by atoms with Gasteiger partial charge in [0.1, 0.15) is 5.75 Å². The predicted molar refractivity (Wildman–Crippen MR) is 107 cm³/mol. The van der Waals surface area contributed by atoms with Crippen LogP contribution in [0.2, 0.25) is 0 Å². The van der Waals surface area contributed by atoms with Crippen molar-refractivity contribution in [2.75, 3.05) is 7.11 Å². The minimum Gasteiger partial charge on any atom is -0.496 e. The van der Waals surface area contributed by atoms with E-state index in [1.165, 1.54) is 4.57 Å². The summed E-state index contributed by atoms with van der Waals surface area (Å²) < 4.78 is 7.15. The molecule has 0 aliphatic carbocycles. The molecule has 1 heterocycles.